The zero-order chi connectivity index (χ0) is 23.2. The van der Waals surface area contributed by atoms with Crippen molar-refractivity contribution in [3.05, 3.63) is 71.2 Å². The number of para-hydroxylation sites is 2. The van der Waals surface area contributed by atoms with E-state index < -0.39 is 0 Å². The zero-order valence-electron chi connectivity index (χ0n) is 18.8. The number of nitrogens with zero attached hydrogens (tertiary/aromatic N) is 3. The van der Waals surface area contributed by atoms with E-state index in [1.807, 2.05) is 60.0 Å². The molecule has 2 aromatic heterocycles. The smallest absolute Gasteiger partial charge is 0.230 e. The van der Waals surface area contributed by atoms with E-state index in [-0.39, 0.29) is 12.3 Å². The van der Waals surface area contributed by atoms with E-state index in [0.29, 0.717) is 12.3 Å². The van der Waals surface area contributed by atoms with Gasteiger partial charge in [-0.3, -0.25) is 9.69 Å². The minimum atomic E-state index is -0.113. The quantitative estimate of drug-likeness (QED) is 0.411. The van der Waals surface area contributed by atoms with Crippen molar-refractivity contribution in [2.24, 2.45) is 0 Å². The minimum Gasteiger partial charge on any atom is -0.492 e. The summed E-state index contributed by atoms with van der Waals surface area (Å²) >= 11 is 1.48. The van der Waals surface area contributed by atoms with Crippen LogP contribution in [0.4, 0.5) is 5.69 Å². The summed E-state index contributed by atoms with van der Waals surface area (Å²) in [4.78, 5) is 24.0. The number of thiazole rings is 1. The highest BCUT2D eigenvalue weighted by atomic mass is 32.1. The fraction of sp³-hybridized carbons (Fsp3) is 0.269. The highest BCUT2D eigenvalue weighted by molar-refractivity contribution is 7.07. The van der Waals surface area contributed by atoms with E-state index in [9.17, 15) is 4.79 Å². The van der Waals surface area contributed by atoms with Gasteiger partial charge < -0.3 is 14.8 Å². The van der Waals surface area contributed by atoms with Crippen LogP contribution < -0.4 is 10.1 Å². The van der Waals surface area contributed by atoms with Crippen molar-refractivity contribution < 1.29 is 14.3 Å². The average Bonchev–Trinajstić information content (AvgIpc) is 3.38. The van der Waals surface area contributed by atoms with Gasteiger partial charge in [0, 0.05) is 36.0 Å². The number of amides is 1. The predicted octanol–water partition coefficient (Wildman–Crippen LogP) is 4.25. The molecule has 34 heavy (non-hydrogen) atoms. The van der Waals surface area contributed by atoms with Crippen LogP contribution in [0.1, 0.15) is 5.69 Å². The topological polar surface area (TPSA) is 76.6 Å². The lowest BCUT2D eigenvalue weighted by Crippen LogP contribution is -2.38. The Morgan fingerprint density at radius 1 is 1.09 bits per heavy atom. The molecule has 1 saturated heterocycles. The molecule has 8 heteroatoms. The van der Waals surface area contributed by atoms with Gasteiger partial charge in [-0.25, -0.2) is 9.97 Å². The Morgan fingerprint density at radius 3 is 2.82 bits per heavy atom. The Kier molecular flexibility index (Phi) is 7.09. The number of aromatic nitrogens is 2. The molecule has 2 aromatic carbocycles. The summed E-state index contributed by atoms with van der Waals surface area (Å²) in [5, 5.41) is 5.85. The number of carbonyl (C=O) groups excluding carboxylic acids is 1. The summed E-state index contributed by atoms with van der Waals surface area (Å²) in [6, 6.07) is 17.8. The standard InChI is InChI=1S/C26H26N4O3S/c31-25(16-20-17-34-18-27-20)28-23-6-3-4-19-8-9-22(29-26(19)23)21-5-1-2-7-24(21)33-15-12-30-10-13-32-14-11-30/h1-9,17-18H,10-16H2,(H,28,31). The molecule has 0 bridgehead atoms. The first kappa shape index (κ1) is 22.5. The van der Waals surface area contributed by atoms with Gasteiger partial charge in [0.1, 0.15) is 12.4 Å². The highest BCUT2D eigenvalue weighted by Crippen LogP contribution is 2.31. The maximum atomic E-state index is 12.6. The predicted molar refractivity (Wildman–Crippen MR) is 134 cm³/mol. The third kappa shape index (κ3) is 5.41. The van der Waals surface area contributed by atoms with Crippen molar-refractivity contribution in [3.8, 4) is 17.0 Å². The Morgan fingerprint density at radius 2 is 1.97 bits per heavy atom. The van der Waals surface area contributed by atoms with Crippen LogP contribution in [0.25, 0.3) is 22.2 Å². The van der Waals surface area contributed by atoms with Gasteiger partial charge in [0.15, 0.2) is 0 Å². The van der Waals surface area contributed by atoms with E-state index in [1.165, 1.54) is 11.3 Å². The van der Waals surface area contributed by atoms with Crippen molar-refractivity contribution in [1.29, 1.82) is 0 Å². The largest absolute Gasteiger partial charge is 0.492 e. The third-order valence-electron chi connectivity index (χ3n) is 5.75. The molecule has 1 aliphatic rings. The molecule has 0 aliphatic carbocycles. The van der Waals surface area contributed by atoms with Gasteiger partial charge in [-0.1, -0.05) is 30.3 Å². The summed E-state index contributed by atoms with van der Waals surface area (Å²) in [5.41, 5.74) is 5.65. The van der Waals surface area contributed by atoms with Crippen LogP contribution in [-0.4, -0.2) is 60.2 Å². The first-order chi connectivity index (χ1) is 16.8. The Balaban J connectivity index is 1.35. The van der Waals surface area contributed by atoms with Gasteiger partial charge in [-0.2, -0.15) is 0 Å². The van der Waals surface area contributed by atoms with Crippen LogP contribution in [-0.2, 0) is 16.0 Å². The van der Waals surface area contributed by atoms with Crippen LogP contribution >= 0.6 is 11.3 Å². The highest BCUT2D eigenvalue weighted by Gasteiger charge is 2.14. The number of fused-ring (bicyclic) bond motifs is 1. The summed E-state index contributed by atoms with van der Waals surface area (Å²) in [6.07, 6.45) is 0.236. The summed E-state index contributed by atoms with van der Waals surface area (Å²) in [6.45, 7) is 4.89. The number of hydrogen-bond donors (Lipinski definition) is 1. The molecule has 3 heterocycles. The number of rotatable bonds is 8. The van der Waals surface area contributed by atoms with Crippen LogP contribution in [0.3, 0.4) is 0 Å². The van der Waals surface area contributed by atoms with Crippen molar-refractivity contribution in [1.82, 2.24) is 14.9 Å². The molecule has 7 nitrogen and oxygen atoms in total. The van der Waals surface area contributed by atoms with E-state index in [2.05, 4.69) is 15.2 Å². The normalized spacial score (nSPS) is 14.2. The van der Waals surface area contributed by atoms with Crippen molar-refractivity contribution in [2.75, 3.05) is 44.8 Å². The van der Waals surface area contributed by atoms with Crippen molar-refractivity contribution in [3.63, 3.8) is 0 Å². The first-order valence-corrected chi connectivity index (χ1v) is 12.3. The molecular formula is C26H26N4O3S. The first-order valence-electron chi connectivity index (χ1n) is 11.4. The maximum absolute atomic E-state index is 12.6. The second-order valence-electron chi connectivity index (χ2n) is 8.08. The second-order valence-corrected chi connectivity index (χ2v) is 8.80. The molecule has 1 amide bonds. The number of morpholine rings is 1. The van der Waals surface area contributed by atoms with Crippen molar-refractivity contribution >= 4 is 33.8 Å². The second kappa shape index (κ2) is 10.7. The molecule has 0 radical (unpaired) electrons. The molecule has 1 fully saturated rings. The number of carbonyl (C=O) groups is 1. The SMILES string of the molecule is O=C(Cc1cscn1)Nc1cccc2ccc(-c3ccccc3OCCN3CCOCC3)nc12. The van der Waals surface area contributed by atoms with Gasteiger partial charge in [0.25, 0.3) is 0 Å². The van der Waals surface area contributed by atoms with Gasteiger partial charge >= 0.3 is 0 Å². The molecule has 0 saturated carbocycles. The molecule has 5 rings (SSSR count). The molecule has 0 spiro atoms. The molecule has 4 aromatic rings. The Bertz CT molecular complexity index is 1260. The number of nitrogens with one attached hydrogen (secondary N) is 1. The lowest BCUT2D eigenvalue weighted by atomic mass is 10.1. The molecule has 1 aliphatic heterocycles. The molecule has 0 unspecified atom stereocenters. The van der Waals surface area contributed by atoms with E-state index in [1.54, 1.807) is 5.51 Å². The monoisotopic (exact) mass is 474 g/mol. The molecule has 174 valence electrons. The lowest BCUT2D eigenvalue weighted by Gasteiger charge is -2.26. The lowest BCUT2D eigenvalue weighted by molar-refractivity contribution is -0.115. The Hall–Kier alpha value is -3.33. The van der Waals surface area contributed by atoms with Gasteiger partial charge in [-0.15, -0.1) is 11.3 Å². The fourth-order valence-electron chi connectivity index (χ4n) is 4.00. The summed E-state index contributed by atoms with van der Waals surface area (Å²) in [5.74, 6) is 0.685. The molecule has 1 N–H and O–H groups in total. The number of hydrogen-bond acceptors (Lipinski definition) is 7. The number of pyridine rings is 1. The minimum absolute atomic E-state index is 0.113. The van der Waals surface area contributed by atoms with Gasteiger partial charge in [-0.05, 0) is 24.3 Å². The van der Waals surface area contributed by atoms with Crippen molar-refractivity contribution in [2.45, 2.75) is 6.42 Å². The number of anilines is 1. The van der Waals surface area contributed by atoms with Gasteiger partial charge in [0.2, 0.25) is 5.91 Å². The van der Waals surface area contributed by atoms with Crippen LogP contribution in [0.2, 0.25) is 0 Å². The van der Waals surface area contributed by atoms with Gasteiger partial charge in [0.05, 0.1) is 47.7 Å². The van der Waals surface area contributed by atoms with Crippen LogP contribution in [0.5, 0.6) is 5.75 Å². The fourth-order valence-corrected chi connectivity index (χ4v) is 4.55. The summed E-state index contributed by atoms with van der Waals surface area (Å²) < 4.78 is 11.6. The van der Waals surface area contributed by atoms with E-state index in [0.717, 1.165) is 66.5 Å². The Labute approximate surface area is 202 Å². The number of benzene rings is 2. The average molecular weight is 475 g/mol. The van der Waals surface area contributed by atoms with E-state index in [4.69, 9.17) is 14.5 Å². The molecule has 0 atom stereocenters. The summed E-state index contributed by atoms with van der Waals surface area (Å²) in [7, 11) is 0. The number of ether oxygens (including phenoxy) is 2. The zero-order valence-corrected chi connectivity index (χ0v) is 19.6. The maximum Gasteiger partial charge on any atom is 0.230 e. The van der Waals surface area contributed by atoms with E-state index >= 15 is 0 Å². The van der Waals surface area contributed by atoms with Crippen LogP contribution in [0.15, 0.2) is 65.5 Å². The third-order valence-corrected chi connectivity index (χ3v) is 6.39. The van der Waals surface area contributed by atoms with Crippen LogP contribution in [0, 0.1) is 0 Å². The molecular weight excluding hydrogens is 448 g/mol.